The lowest BCUT2D eigenvalue weighted by atomic mass is 9.93. The average Bonchev–Trinajstić information content (AvgIpc) is 3.15. The Balaban J connectivity index is 1.65. The standard InChI is InChI=1S/C17H20BrNS/c18-17-4-2-1-3-15(17)10-14(11-19-16-5-6-16)9-13-7-8-20-12-13/h1-4,7-8,12,14,16,19H,5-6,9-11H2. The molecule has 20 heavy (non-hydrogen) atoms. The van der Waals surface area contributed by atoms with Gasteiger partial charge < -0.3 is 5.32 Å². The predicted molar refractivity (Wildman–Crippen MR) is 90.4 cm³/mol. The highest BCUT2D eigenvalue weighted by molar-refractivity contribution is 9.10. The summed E-state index contributed by atoms with van der Waals surface area (Å²) in [6, 6.07) is 11.7. The third-order valence-electron chi connectivity index (χ3n) is 3.84. The number of thiophene rings is 1. The molecule has 1 saturated carbocycles. The Morgan fingerprint density at radius 2 is 2.05 bits per heavy atom. The Hall–Kier alpha value is -0.640. The number of hydrogen-bond acceptors (Lipinski definition) is 2. The molecule has 0 amide bonds. The van der Waals surface area contributed by atoms with E-state index in [1.807, 2.05) is 0 Å². The number of benzene rings is 1. The van der Waals surface area contributed by atoms with Crippen LogP contribution in [0.25, 0.3) is 0 Å². The first-order valence-electron chi connectivity index (χ1n) is 7.29. The Labute approximate surface area is 133 Å². The zero-order chi connectivity index (χ0) is 13.8. The molecule has 106 valence electrons. The van der Waals surface area contributed by atoms with E-state index in [0.717, 1.165) is 19.0 Å². The van der Waals surface area contributed by atoms with Crippen LogP contribution in [0.2, 0.25) is 0 Å². The van der Waals surface area contributed by atoms with E-state index in [2.05, 4.69) is 62.3 Å². The Morgan fingerprint density at radius 3 is 2.75 bits per heavy atom. The van der Waals surface area contributed by atoms with Gasteiger partial charge >= 0.3 is 0 Å². The zero-order valence-corrected chi connectivity index (χ0v) is 13.9. The smallest absolute Gasteiger partial charge is 0.0207 e. The molecule has 1 N–H and O–H groups in total. The maximum atomic E-state index is 3.70. The van der Waals surface area contributed by atoms with Crippen molar-refractivity contribution in [2.75, 3.05) is 6.54 Å². The van der Waals surface area contributed by atoms with Crippen molar-refractivity contribution in [3.05, 3.63) is 56.7 Å². The summed E-state index contributed by atoms with van der Waals surface area (Å²) in [5, 5.41) is 8.16. The predicted octanol–water partition coefficient (Wildman–Crippen LogP) is 4.66. The second kappa shape index (κ2) is 6.88. The lowest BCUT2D eigenvalue weighted by Gasteiger charge is -2.18. The summed E-state index contributed by atoms with van der Waals surface area (Å²) in [6.07, 6.45) is 5.03. The van der Waals surface area contributed by atoms with Crippen LogP contribution in [0.15, 0.2) is 45.6 Å². The summed E-state index contributed by atoms with van der Waals surface area (Å²) in [4.78, 5) is 0. The quantitative estimate of drug-likeness (QED) is 0.766. The van der Waals surface area contributed by atoms with Gasteiger partial charge in [-0.3, -0.25) is 0 Å². The van der Waals surface area contributed by atoms with E-state index in [0.29, 0.717) is 5.92 Å². The van der Waals surface area contributed by atoms with E-state index in [4.69, 9.17) is 0 Å². The van der Waals surface area contributed by atoms with Crippen LogP contribution in [0.1, 0.15) is 24.0 Å². The summed E-state index contributed by atoms with van der Waals surface area (Å²) in [5.74, 6) is 0.670. The van der Waals surface area contributed by atoms with Crippen molar-refractivity contribution in [1.29, 1.82) is 0 Å². The van der Waals surface area contributed by atoms with Gasteiger partial charge in [-0.1, -0.05) is 34.1 Å². The molecule has 0 aliphatic heterocycles. The Kier molecular flexibility index (Phi) is 4.92. The monoisotopic (exact) mass is 349 g/mol. The van der Waals surface area contributed by atoms with Gasteiger partial charge in [0.25, 0.3) is 0 Å². The van der Waals surface area contributed by atoms with Crippen molar-refractivity contribution in [3.8, 4) is 0 Å². The Morgan fingerprint density at radius 1 is 1.20 bits per heavy atom. The average molecular weight is 350 g/mol. The van der Waals surface area contributed by atoms with Gasteiger partial charge in [-0.15, -0.1) is 0 Å². The van der Waals surface area contributed by atoms with E-state index < -0.39 is 0 Å². The van der Waals surface area contributed by atoms with Gasteiger partial charge in [0, 0.05) is 10.5 Å². The number of halogens is 1. The van der Waals surface area contributed by atoms with Crippen molar-refractivity contribution < 1.29 is 0 Å². The zero-order valence-electron chi connectivity index (χ0n) is 11.5. The van der Waals surface area contributed by atoms with Gasteiger partial charge in [0.2, 0.25) is 0 Å². The van der Waals surface area contributed by atoms with Gasteiger partial charge in [-0.05, 0) is 72.2 Å². The fourth-order valence-electron chi connectivity index (χ4n) is 2.55. The minimum absolute atomic E-state index is 0.670. The molecule has 3 rings (SSSR count). The SMILES string of the molecule is Brc1ccccc1CC(CNC1CC1)Cc1ccsc1. The Bertz CT molecular complexity index is 534. The molecule has 0 bridgehead atoms. The molecular weight excluding hydrogens is 330 g/mol. The van der Waals surface area contributed by atoms with E-state index in [1.54, 1.807) is 11.3 Å². The van der Waals surface area contributed by atoms with Crippen LogP contribution in [0.5, 0.6) is 0 Å². The summed E-state index contributed by atoms with van der Waals surface area (Å²) in [7, 11) is 0. The summed E-state index contributed by atoms with van der Waals surface area (Å²) >= 11 is 5.47. The maximum absolute atomic E-state index is 3.70. The number of nitrogens with one attached hydrogen (secondary N) is 1. The second-order valence-corrected chi connectivity index (χ2v) is 7.31. The first kappa shape index (κ1) is 14.3. The second-order valence-electron chi connectivity index (χ2n) is 5.68. The van der Waals surface area contributed by atoms with Crippen LogP contribution in [0.4, 0.5) is 0 Å². The highest BCUT2D eigenvalue weighted by Gasteiger charge is 2.22. The summed E-state index contributed by atoms with van der Waals surface area (Å²) in [6.45, 7) is 1.13. The minimum Gasteiger partial charge on any atom is -0.314 e. The molecule has 0 saturated heterocycles. The fraction of sp³-hybridized carbons (Fsp3) is 0.412. The van der Waals surface area contributed by atoms with Crippen LogP contribution in [0.3, 0.4) is 0 Å². The van der Waals surface area contributed by atoms with Crippen molar-refractivity contribution in [2.45, 2.75) is 31.7 Å². The molecule has 1 atom stereocenters. The minimum atomic E-state index is 0.670. The van der Waals surface area contributed by atoms with Crippen LogP contribution in [0, 0.1) is 5.92 Å². The van der Waals surface area contributed by atoms with E-state index in [9.17, 15) is 0 Å². The maximum Gasteiger partial charge on any atom is 0.0207 e. The van der Waals surface area contributed by atoms with Crippen LogP contribution in [-0.4, -0.2) is 12.6 Å². The van der Waals surface area contributed by atoms with Gasteiger partial charge in [0.05, 0.1) is 0 Å². The van der Waals surface area contributed by atoms with E-state index in [-0.39, 0.29) is 0 Å². The third-order valence-corrected chi connectivity index (χ3v) is 5.35. The molecule has 2 aromatic rings. The highest BCUT2D eigenvalue weighted by Crippen LogP contribution is 2.24. The molecule has 1 nitrogen and oxygen atoms in total. The molecule has 1 fully saturated rings. The van der Waals surface area contributed by atoms with Crippen molar-refractivity contribution >= 4 is 27.3 Å². The number of hydrogen-bond donors (Lipinski definition) is 1. The van der Waals surface area contributed by atoms with E-state index >= 15 is 0 Å². The first-order valence-corrected chi connectivity index (χ1v) is 9.02. The molecule has 1 unspecified atom stereocenters. The lowest BCUT2D eigenvalue weighted by Crippen LogP contribution is -2.27. The fourth-order valence-corrected chi connectivity index (χ4v) is 3.68. The summed E-state index contributed by atoms with van der Waals surface area (Å²) < 4.78 is 1.24. The van der Waals surface area contributed by atoms with Crippen molar-refractivity contribution in [3.63, 3.8) is 0 Å². The van der Waals surface area contributed by atoms with Crippen molar-refractivity contribution in [2.24, 2.45) is 5.92 Å². The van der Waals surface area contributed by atoms with Crippen LogP contribution in [-0.2, 0) is 12.8 Å². The van der Waals surface area contributed by atoms with Crippen LogP contribution >= 0.6 is 27.3 Å². The summed E-state index contributed by atoms with van der Waals surface area (Å²) in [5.41, 5.74) is 2.90. The molecular formula is C17H20BrNS. The van der Waals surface area contributed by atoms with Gasteiger partial charge in [-0.2, -0.15) is 11.3 Å². The molecule has 1 heterocycles. The largest absolute Gasteiger partial charge is 0.314 e. The van der Waals surface area contributed by atoms with Crippen LogP contribution < -0.4 is 5.32 Å². The molecule has 1 aromatic carbocycles. The topological polar surface area (TPSA) is 12.0 Å². The molecule has 1 aliphatic carbocycles. The van der Waals surface area contributed by atoms with Gasteiger partial charge in [-0.25, -0.2) is 0 Å². The van der Waals surface area contributed by atoms with Gasteiger partial charge in [0.15, 0.2) is 0 Å². The highest BCUT2D eigenvalue weighted by atomic mass is 79.9. The first-order chi connectivity index (χ1) is 9.81. The van der Waals surface area contributed by atoms with Gasteiger partial charge in [0.1, 0.15) is 0 Å². The van der Waals surface area contributed by atoms with E-state index in [1.165, 1.54) is 34.9 Å². The molecule has 1 aliphatic rings. The lowest BCUT2D eigenvalue weighted by molar-refractivity contribution is 0.469. The third kappa shape index (κ3) is 4.18. The van der Waals surface area contributed by atoms with Crippen molar-refractivity contribution in [1.82, 2.24) is 5.32 Å². The molecule has 0 radical (unpaired) electrons. The molecule has 0 spiro atoms. The molecule has 3 heteroatoms. The normalized spacial score (nSPS) is 16.2. The number of rotatable bonds is 7. The molecule has 1 aromatic heterocycles.